The number of amidine groups is 1. The van der Waals surface area contributed by atoms with Crippen molar-refractivity contribution in [1.82, 2.24) is 5.32 Å². The van der Waals surface area contributed by atoms with E-state index in [9.17, 15) is 0 Å². The zero-order valence-electron chi connectivity index (χ0n) is 6.63. The van der Waals surface area contributed by atoms with Gasteiger partial charge in [0.2, 0.25) is 0 Å². The first-order valence-corrected chi connectivity index (χ1v) is 3.51. The average molecular weight is 155 g/mol. The molecule has 0 bridgehead atoms. The third-order valence-corrected chi connectivity index (χ3v) is 1.56. The fourth-order valence-electron chi connectivity index (χ4n) is 0.999. The molecule has 0 aromatic carbocycles. The maximum Gasteiger partial charge on any atom is 0.159 e. The van der Waals surface area contributed by atoms with Gasteiger partial charge in [0.25, 0.3) is 0 Å². The molecule has 0 amide bonds. The maximum atomic E-state index is 5.45. The lowest BCUT2D eigenvalue weighted by Crippen LogP contribution is -2.36. The van der Waals surface area contributed by atoms with Crippen LogP contribution in [0.5, 0.6) is 0 Å². The molecule has 11 heavy (non-hydrogen) atoms. The van der Waals surface area contributed by atoms with Gasteiger partial charge < -0.3 is 15.9 Å². The Kier molecular flexibility index (Phi) is 2.03. The van der Waals surface area contributed by atoms with Crippen LogP contribution in [0.25, 0.3) is 0 Å². The lowest BCUT2D eigenvalue weighted by molar-refractivity contribution is -0.0000206. The van der Waals surface area contributed by atoms with Crippen LogP contribution in [-0.4, -0.2) is 18.0 Å². The molecule has 0 radical (unpaired) electrons. The van der Waals surface area contributed by atoms with Gasteiger partial charge in [-0.15, -0.1) is 0 Å². The van der Waals surface area contributed by atoms with Crippen LogP contribution < -0.4 is 11.1 Å². The van der Waals surface area contributed by atoms with Crippen molar-refractivity contribution in [1.29, 1.82) is 0 Å². The minimum absolute atomic E-state index is 0.293. The van der Waals surface area contributed by atoms with Crippen molar-refractivity contribution in [3.05, 3.63) is 12.8 Å². The third-order valence-electron chi connectivity index (χ3n) is 1.56. The smallest absolute Gasteiger partial charge is 0.159 e. The molecule has 0 saturated carbocycles. The quantitative estimate of drug-likeness (QED) is 0.610. The van der Waals surface area contributed by atoms with Crippen LogP contribution in [0.3, 0.4) is 0 Å². The molecule has 0 aliphatic carbocycles. The molecule has 4 heteroatoms. The molecule has 3 N–H and O–H groups in total. The molecular formula is C7H13N3O. The Labute approximate surface area is 66.1 Å². The standard InChI is InChI=1S/C7H13N3O/c1-3-9-5-7(2)4-6(8)10-11-7/h3,9H,1,4-5H2,2H3,(H2,8,10)/t7-/m1/s1. The highest BCUT2D eigenvalue weighted by Gasteiger charge is 2.32. The van der Waals surface area contributed by atoms with Gasteiger partial charge in [0, 0.05) is 0 Å². The largest absolute Gasteiger partial charge is 0.387 e. The van der Waals surface area contributed by atoms with Crippen molar-refractivity contribution in [3.8, 4) is 0 Å². The molecule has 1 rings (SSSR count). The minimum atomic E-state index is -0.293. The Morgan fingerprint density at radius 1 is 2.00 bits per heavy atom. The van der Waals surface area contributed by atoms with Crippen molar-refractivity contribution in [2.24, 2.45) is 10.9 Å². The summed E-state index contributed by atoms with van der Waals surface area (Å²) in [5, 5.41) is 6.62. The van der Waals surface area contributed by atoms with E-state index in [-0.39, 0.29) is 5.60 Å². The summed E-state index contributed by atoms with van der Waals surface area (Å²) < 4.78 is 0. The first-order chi connectivity index (χ1) is 5.16. The SMILES string of the molecule is C=CNC[C@@]1(C)CC(N)=NO1. The van der Waals surface area contributed by atoms with Crippen LogP contribution in [0.2, 0.25) is 0 Å². The molecular weight excluding hydrogens is 142 g/mol. The van der Waals surface area contributed by atoms with E-state index >= 15 is 0 Å². The van der Waals surface area contributed by atoms with Gasteiger partial charge in [-0.2, -0.15) is 0 Å². The molecule has 1 heterocycles. The van der Waals surface area contributed by atoms with Crippen LogP contribution in [0.15, 0.2) is 17.9 Å². The van der Waals surface area contributed by atoms with E-state index in [4.69, 9.17) is 10.6 Å². The minimum Gasteiger partial charge on any atom is -0.387 e. The number of rotatable bonds is 3. The Hall–Kier alpha value is -1.19. The maximum absolute atomic E-state index is 5.45. The van der Waals surface area contributed by atoms with Crippen LogP contribution in [0, 0.1) is 0 Å². The lowest BCUT2D eigenvalue weighted by Gasteiger charge is -2.20. The number of hydrogen-bond acceptors (Lipinski definition) is 4. The monoisotopic (exact) mass is 155 g/mol. The van der Waals surface area contributed by atoms with Crippen molar-refractivity contribution >= 4 is 5.84 Å². The number of nitrogens with one attached hydrogen (secondary N) is 1. The van der Waals surface area contributed by atoms with Gasteiger partial charge in [0.05, 0.1) is 13.0 Å². The molecule has 0 aromatic rings. The van der Waals surface area contributed by atoms with Gasteiger partial charge in [0.15, 0.2) is 5.60 Å². The van der Waals surface area contributed by atoms with Crippen LogP contribution in [0.1, 0.15) is 13.3 Å². The predicted octanol–water partition coefficient (Wildman–Crippen LogP) is 0.171. The van der Waals surface area contributed by atoms with Crippen LogP contribution >= 0.6 is 0 Å². The summed E-state index contributed by atoms with van der Waals surface area (Å²) in [6.07, 6.45) is 2.30. The first-order valence-electron chi connectivity index (χ1n) is 3.51. The van der Waals surface area contributed by atoms with E-state index in [1.54, 1.807) is 6.20 Å². The van der Waals surface area contributed by atoms with E-state index in [1.807, 2.05) is 6.92 Å². The predicted molar refractivity (Wildman–Crippen MR) is 43.9 cm³/mol. The van der Waals surface area contributed by atoms with E-state index in [0.29, 0.717) is 18.8 Å². The zero-order valence-corrected chi connectivity index (χ0v) is 6.63. The van der Waals surface area contributed by atoms with Crippen molar-refractivity contribution < 1.29 is 4.84 Å². The summed E-state index contributed by atoms with van der Waals surface area (Å²) in [6, 6.07) is 0. The van der Waals surface area contributed by atoms with E-state index in [2.05, 4.69) is 17.1 Å². The zero-order chi connectivity index (χ0) is 8.32. The van der Waals surface area contributed by atoms with Crippen LogP contribution in [0.4, 0.5) is 0 Å². The molecule has 1 atom stereocenters. The number of hydrogen-bond donors (Lipinski definition) is 2. The molecule has 0 saturated heterocycles. The number of oxime groups is 1. The second-order valence-electron chi connectivity index (χ2n) is 2.89. The average Bonchev–Trinajstić information content (AvgIpc) is 2.28. The van der Waals surface area contributed by atoms with Crippen molar-refractivity contribution in [3.63, 3.8) is 0 Å². The van der Waals surface area contributed by atoms with Gasteiger partial charge in [0.1, 0.15) is 5.84 Å². The Balaban J connectivity index is 2.39. The summed E-state index contributed by atoms with van der Waals surface area (Å²) in [5.41, 5.74) is 5.16. The van der Waals surface area contributed by atoms with Crippen molar-refractivity contribution in [2.45, 2.75) is 18.9 Å². The Morgan fingerprint density at radius 3 is 3.18 bits per heavy atom. The molecule has 0 aromatic heterocycles. The summed E-state index contributed by atoms with van der Waals surface area (Å²) in [7, 11) is 0. The molecule has 0 unspecified atom stereocenters. The summed E-state index contributed by atoms with van der Waals surface area (Å²) in [4.78, 5) is 5.11. The molecule has 62 valence electrons. The number of nitrogens with zero attached hydrogens (tertiary/aromatic N) is 1. The molecule has 1 aliphatic heterocycles. The fraction of sp³-hybridized carbons (Fsp3) is 0.571. The van der Waals surface area contributed by atoms with Gasteiger partial charge in [-0.1, -0.05) is 11.7 Å². The normalized spacial score (nSPS) is 29.0. The van der Waals surface area contributed by atoms with Crippen molar-refractivity contribution in [2.75, 3.05) is 6.54 Å². The number of nitrogens with two attached hydrogens (primary N) is 1. The topological polar surface area (TPSA) is 59.6 Å². The first kappa shape index (κ1) is 7.91. The fourth-order valence-corrected chi connectivity index (χ4v) is 0.999. The molecule has 4 nitrogen and oxygen atoms in total. The highest BCUT2D eigenvalue weighted by atomic mass is 16.7. The Bertz CT molecular complexity index is 190. The van der Waals surface area contributed by atoms with Crippen LogP contribution in [-0.2, 0) is 4.84 Å². The summed E-state index contributed by atoms with van der Waals surface area (Å²) in [6.45, 7) is 6.17. The van der Waals surface area contributed by atoms with Gasteiger partial charge in [-0.3, -0.25) is 0 Å². The highest BCUT2D eigenvalue weighted by Crippen LogP contribution is 2.20. The molecule has 0 fully saturated rings. The van der Waals surface area contributed by atoms with Gasteiger partial charge in [-0.05, 0) is 13.1 Å². The Morgan fingerprint density at radius 2 is 2.73 bits per heavy atom. The van der Waals surface area contributed by atoms with E-state index in [1.165, 1.54) is 0 Å². The lowest BCUT2D eigenvalue weighted by atomic mass is 10.0. The van der Waals surface area contributed by atoms with Gasteiger partial charge in [-0.25, -0.2) is 0 Å². The third kappa shape index (κ3) is 1.86. The highest BCUT2D eigenvalue weighted by molar-refractivity contribution is 5.81. The van der Waals surface area contributed by atoms with Gasteiger partial charge >= 0.3 is 0 Å². The van der Waals surface area contributed by atoms with E-state index in [0.717, 1.165) is 0 Å². The van der Waals surface area contributed by atoms with E-state index < -0.39 is 0 Å². The second-order valence-corrected chi connectivity index (χ2v) is 2.89. The second kappa shape index (κ2) is 2.82. The molecule has 0 spiro atoms. The molecule has 1 aliphatic rings. The summed E-state index contributed by atoms with van der Waals surface area (Å²) in [5.74, 6) is 0.554. The summed E-state index contributed by atoms with van der Waals surface area (Å²) >= 11 is 0.